The molecule has 1 amide bonds. The molecule has 0 spiro atoms. The number of aromatic amines is 1. The van der Waals surface area contributed by atoms with Crippen LogP contribution in [-0.2, 0) is 5.54 Å². The summed E-state index contributed by atoms with van der Waals surface area (Å²) in [6, 6.07) is -0.346. The zero-order valence-electron chi connectivity index (χ0n) is 13.7. The molecule has 0 saturated carbocycles. The second kappa shape index (κ2) is 5.82. The van der Waals surface area contributed by atoms with Gasteiger partial charge in [0.15, 0.2) is 0 Å². The fourth-order valence-electron chi connectivity index (χ4n) is 2.17. The summed E-state index contributed by atoms with van der Waals surface area (Å²) in [4.78, 5) is 22.4. The highest BCUT2D eigenvalue weighted by atomic mass is 16.6. The van der Waals surface area contributed by atoms with Gasteiger partial charge in [-0.05, 0) is 34.6 Å². The summed E-state index contributed by atoms with van der Waals surface area (Å²) in [7, 11) is 0. The Balaban J connectivity index is 2.20. The van der Waals surface area contributed by atoms with E-state index in [0.29, 0.717) is 0 Å². The van der Waals surface area contributed by atoms with Crippen LogP contribution in [0.4, 0.5) is 5.69 Å². The highest BCUT2D eigenvalue weighted by Gasteiger charge is 2.25. The second-order valence-corrected chi connectivity index (χ2v) is 6.37. The number of carbonyl (C=O) groups excluding carboxylic acids is 1. The van der Waals surface area contributed by atoms with Crippen LogP contribution in [0.3, 0.4) is 0 Å². The maximum atomic E-state index is 12.2. The highest BCUT2D eigenvalue weighted by molar-refractivity contribution is 5.96. The van der Waals surface area contributed by atoms with Crippen molar-refractivity contribution < 1.29 is 9.72 Å². The van der Waals surface area contributed by atoms with E-state index in [4.69, 9.17) is 0 Å². The minimum Gasteiger partial charge on any atom is -0.344 e. The molecule has 0 aliphatic heterocycles. The van der Waals surface area contributed by atoms with Crippen LogP contribution in [-0.4, -0.2) is 30.8 Å². The summed E-state index contributed by atoms with van der Waals surface area (Å²) >= 11 is 0. The van der Waals surface area contributed by atoms with Crippen molar-refractivity contribution >= 4 is 11.6 Å². The van der Waals surface area contributed by atoms with Crippen molar-refractivity contribution in [3.8, 4) is 0 Å². The van der Waals surface area contributed by atoms with Crippen LogP contribution in [0.1, 0.15) is 55.5 Å². The topological polar surface area (TPSA) is 119 Å². The number of nitrogens with one attached hydrogen (secondary N) is 2. The molecule has 0 aromatic carbocycles. The largest absolute Gasteiger partial charge is 0.344 e. The fourth-order valence-corrected chi connectivity index (χ4v) is 2.17. The Morgan fingerprint density at radius 1 is 1.48 bits per heavy atom. The molecule has 124 valence electrons. The zero-order valence-corrected chi connectivity index (χ0v) is 13.7. The van der Waals surface area contributed by atoms with E-state index in [9.17, 15) is 14.9 Å². The molecule has 0 saturated heterocycles. The van der Waals surface area contributed by atoms with Crippen LogP contribution in [0.2, 0.25) is 0 Å². The number of nitro groups is 1. The van der Waals surface area contributed by atoms with Gasteiger partial charge in [0.1, 0.15) is 6.20 Å². The van der Waals surface area contributed by atoms with E-state index >= 15 is 0 Å². The summed E-state index contributed by atoms with van der Waals surface area (Å²) in [5.74, 6) is -0.579. The van der Waals surface area contributed by atoms with Gasteiger partial charge in [0.2, 0.25) is 5.69 Å². The highest BCUT2D eigenvalue weighted by Crippen LogP contribution is 2.22. The third-order valence-corrected chi connectivity index (χ3v) is 3.48. The zero-order chi connectivity index (χ0) is 17.4. The number of H-pyrrole nitrogens is 1. The predicted molar refractivity (Wildman–Crippen MR) is 83.1 cm³/mol. The number of rotatable bonds is 4. The van der Waals surface area contributed by atoms with Crippen LogP contribution >= 0.6 is 0 Å². The molecule has 0 aliphatic carbocycles. The first-order valence-electron chi connectivity index (χ1n) is 7.16. The van der Waals surface area contributed by atoms with E-state index in [1.54, 1.807) is 6.92 Å². The lowest BCUT2D eigenvalue weighted by atomic mass is 10.1. The first-order chi connectivity index (χ1) is 10.6. The van der Waals surface area contributed by atoms with E-state index in [2.05, 4.69) is 20.6 Å². The number of aryl methyl sites for hydroxylation is 1. The van der Waals surface area contributed by atoms with Gasteiger partial charge in [0.25, 0.3) is 5.91 Å². The number of carbonyl (C=O) groups is 1. The Hall–Kier alpha value is -2.71. The van der Waals surface area contributed by atoms with Crippen molar-refractivity contribution in [3.05, 3.63) is 39.5 Å². The molecule has 0 radical (unpaired) electrons. The molecule has 23 heavy (non-hydrogen) atoms. The smallest absolute Gasteiger partial charge is 0.319 e. The van der Waals surface area contributed by atoms with Crippen molar-refractivity contribution in [2.75, 3.05) is 0 Å². The van der Waals surface area contributed by atoms with Crippen LogP contribution in [0, 0.1) is 17.0 Å². The standard InChI is InChI=1S/C14H20N6O3/c1-8(10-7-19(14(3,4)5)18-9(10)2)16-13(21)12-11(20(22)23)6-15-17-12/h6-8H,1-5H3,(H,15,17)(H,16,21)/t8-/m1/s1. The Bertz CT molecular complexity index is 740. The van der Waals surface area contributed by atoms with E-state index in [-0.39, 0.29) is 23.0 Å². The van der Waals surface area contributed by atoms with Gasteiger partial charge >= 0.3 is 5.69 Å². The molecule has 0 aliphatic rings. The first-order valence-corrected chi connectivity index (χ1v) is 7.16. The van der Waals surface area contributed by atoms with E-state index < -0.39 is 10.8 Å². The molecular weight excluding hydrogens is 300 g/mol. The van der Waals surface area contributed by atoms with Gasteiger partial charge in [-0.15, -0.1) is 0 Å². The molecule has 2 aromatic rings. The molecule has 9 nitrogen and oxygen atoms in total. The third-order valence-electron chi connectivity index (χ3n) is 3.48. The van der Waals surface area contributed by atoms with E-state index in [1.807, 2.05) is 38.6 Å². The van der Waals surface area contributed by atoms with Crippen molar-refractivity contribution in [2.24, 2.45) is 0 Å². The van der Waals surface area contributed by atoms with Gasteiger partial charge in [-0.2, -0.15) is 10.2 Å². The molecule has 2 N–H and O–H groups in total. The minimum atomic E-state index is -0.647. The summed E-state index contributed by atoms with van der Waals surface area (Å²) < 4.78 is 1.83. The van der Waals surface area contributed by atoms with Gasteiger partial charge in [0.05, 0.1) is 22.2 Å². The van der Waals surface area contributed by atoms with Gasteiger partial charge in [-0.25, -0.2) is 0 Å². The lowest BCUT2D eigenvalue weighted by Crippen LogP contribution is -2.28. The van der Waals surface area contributed by atoms with Gasteiger partial charge < -0.3 is 5.32 Å². The second-order valence-electron chi connectivity index (χ2n) is 6.37. The Labute approximate surface area is 133 Å². The van der Waals surface area contributed by atoms with Gasteiger partial charge in [-0.1, -0.05) is 0 Å². The summed E-state index contributed by atoms with van der Waals surface area (Å²) in [6.45, 7) is 9.75. The molecule has 0 unspecified atom stereocenters. The normalized spacial score (nSPS) is 12.9. The molecule has 2 heterocycles. The summed E-state index contributed by atoms with van der Waals surface area (Å²) in [6.07, 6.45) is 2.89. The number of hydrogen-bond acceptors (Lipinski definition) is 5. The van der Waals surface area contributed by atoms with Crippen molar-refractivity contribution in [3.63, 3.8) is 0 Å². The molecule has 0 bridgehead atoms. The summed E-state index contributed by atoms with van der Waals surface area (Å²) in [5, 5.41) is 24.0. The van der Waals surface area contributed by atoms with Crippen molar-refractivity contribution in [1.29, 1.82) is 0 Å². The van der Waals surface area contributed by atoms with Gasteiger partial charge in [0, 0.05) is 11.8 Å². The minimum absolute atomic E-state index is 0.164. The number of aromatic nitrogens is 4. The molecule has 2 rings (SSSR count). The van der Waals surface area contributed by atoms with Crippen LogP contribution in [0.5, 0.6) is 0 Å². The maximum absolute atomic E-state index is 12.2. The maximum Gasteiger partial charge on any atom is 0.319 e. The molecule has 1 atom stereocenters. The Morgan fingerprint density at radius 2 is 2.13 bits per heavy atom. The van der Waals surface area contributed by atoms with Crippen LogP contribution in [0.15, 0.2) is 12.4 Å². The van der Waals surface area contributed by atoms with Crippen molar-refractivity contribution in [2.45, 2.75) is 46.2 Å². The molecular formula is C14H20N6O3. The molecule has 2 aromatic heterocycles. The lowest BCUT2D eigenvalue weighted by molar-refractivity contribution is -0.385. The Kier molecular flexibility index (Phi) is 4.22. The van der Waals surface area contributed by atoms with Gasteiger partial charge in [-0.3, -0.25) is 24.7 Å². The quantitative estimate of drug-likeness (QED) is 0.660. The van der Waals surface area contributed by atoms with Crippen LogP contribution in [0.25, 0.3) is 0 Å². The van der Waals surface area contributed by atoms with E-state index in [1.165, 1.54) is 0 Å². The SMILES string of the molecule is Cc1nn(C(C)(C)C)cc1[C@@H](C)NC(=O)c1[nH]ncc1[N+](=O)[O-]. The third kappa shape index (κ3) is 3.38. The summed E-state index contributed by atoms with van der Waals surface area (Å²) in [5.41, 5.74) is 0.969. The molecule has 9 heteroatoms. The molecule has 0 fully saturated rings. The fraction of sp³-hybridized carbons (Fsp3) is 0.500. The predicted octanol–water partition coefficient (Wildman–Crippen LogP) is 2.07. The number of hydrogen-bond donors (Lipinski definition) is 2. The van der Waals surface area contributed by atoms with Crippen LogP contribution < -0.4 is 5.32 Å². The first kappa shape index (κ1) is 16.7. The lowest BCUT2D eigenvalue weighted by Gasteiger charge is -2.19. The monoisotopic (exact) mass is 320 g/mol. The average molecular weight is 320 g/mol. The van der Waals surface area contributed by atoms with Crippen molar-refractivity contribution in [1.82, 2.24) is 25.3 Å². The Morgan fingerprint density at radius 3 is 2.65 bits per heavy atom. The van der Waals surface area contributed by atoms with E-state index in [0.717, 1.165) is 17.5 Å². The number of amides is 1. The number of nitrogens with zero attached hydrogens (tertiary/aromatic N) is 4. The average Bonchev–Trinajstić information content (AvgIpc) is 3.03.